The average Bonchev–Trinajstić information content (AvgIpc) is 3.04. The smallest absolute Gasteiger partial charge is 0.321 e. The molecule has 8 nitrogen and oxygen atoms in total. The molecule has 0 unspecified atom stereocenters. The Morgan fingerprint density at radius 2 is 2.03 bits per heavy atom. The number of fused-ring (bicyclic) bond motifs is 1. The third-order valence-electron chi connectivity index (χ3n) is 5.94. The molecule has 0 radical (unpaired) electrons. The van der Waals surface area contributed by atoms with Crippen LogP contribution in [0.4, 0.5) is 19.5 Å². The van der Waals surface area contributed by atoms with Crippen molar-refractivity contribution in [2.24, 2.45) is 5.73 Å². The van der Waals surface area contributed by atoms with Crippen LogP contribution in [0.1, 0.15) is 46.9 Å². The lowest BCUT2D eigenvalue weighted by Crippen LogP contribution is -2.51. The predicted octanol–water partition coefficient (Wildman–Crippen LogP) is 2.47. The number of aliphatic hydroxyl groups excluding tert-OH is 1. The van der Waals surface area contributed by atoms with Crippen molar-refractivity contribution in [3.05, 3.63) is 40.6 Å². The Labute approximate surface area is 184 Å². The Kier molecular flexibility index (Phi) is 5.58. The zero-order valence-corrected chi connectivity index (χ0v) is 17.9. The largest absolute Gasteiger partial charge is 0.389 e. The van der Waals surface area contributed by atoms with Crippen molar-refractivity contribution in [1.29, 1.82) is 0 Å². The monoisotopic (exact) mass is 445 g/mol. The molecule has 1 aromatic heterocycles. The van der Waals surface area contributed by atoms with Crippen molar-refractivity contribution >= 4 is 17.9 Å². The fourth-order valence-corrected chi connectivity index (χ4v) is 4.12. The van der Waals surface area contributed by atoms with Gasteiger partial charge in [0.25, 0.3) is 11.8 Å². The summed E-state index contributed by atoms with van der Waals surface area (Å²) in [6, 6.07) is 4.13. The minimum atomic E-state index is -3.04. The lowest BCUT2D eigenvalue weighted by atomic mass is 9.96. The first kappa shape index (κ1) is 22.1. The number of aliphatic hydroxyl groups is 1. The zero-order chi connectivity index (χ0) is 23.2. The van der Waals surface area contributed by atoms with Crippen molar-refractivity contribution in [2.75, 3.05) is 25.0 Å². The molecule has 4 rings (SSSR count). The number of hydrogen-bond acceptors (Lipinski definition) is 6. The molecule has 0 bridgehead atoms. The van der Waals surface area contributed by atoms with E-state index in [4.69, 9.17) is 5.73 Å². The molecule has 0 saturated carbocycles. The third-order valence-corrected chi connectivity index (χ3v) is 5.94. The van der Waals surface area contributed by atoms with Crippen LogP contribution in [0, 0.1) is 0 Å². The minimum Gasteiger partial charge on any atom is -0.389 e. The first-order chi connectivity index (χ1) is 15.1. The number of β-amino-alcohol motifs (C(OH)–C–C–N with tert-alkyl or cyclic N) is 1. The highest BCUT2D eigenvalue weighted by molar-refractivity contribution is 6.04. The molecule has 10 heteroatoms. The molecule has 1 fully saturated rings. The molecule has 170 valence electrons. The maximum Gasteiger partial charge on any atom is 0.321 e. The van der Waals surface area contributed by atoms with E-state index < -0.39 is 24.0 Å². The van der Waals surface area contributed by atoms with Crippen LogP contribution >= 0.6 is 0 Å². The first-order valence-electron chi connectivity index (χ1n) is 10.6. The topological polar surface area (TPSA) is 113 Å². The zero-order valence-electron chi connectivity index (χ0n) is 17.9. The van der Waals surface area contributed by atoms with E-state index in [1.807, 2.05) is 6.92 Å². The van der Waals surface area contributed by atoms with Gasteiger partial charge in [0.2, 0.25) is 5.95 Å². The van der Waals surface area contributed by atoms with Crippen LogP contribution in [0.25, 0.3) is 11.3 Å². The van der Waals surface area contributed by atoms with Gasteiger partial charge >= 0.3 is 6.03 Å². The molecule has 3 amide bonds. The van der Waals surface area contributed by atoms with E-state index in [1.54, 1.807) is 23.1 Å². The molecule has 0 atom stereocenters. The second kappa shape index (κ2) is 8.09. The normalized spacial score (nSPS) is 17.1. The number of hydrogen-bond donors (Lipinski definition) is 2. The van der Waals surface area contributed by atoms with Crippen LogP contribution in [0.15, 0.2) is 18.2 Å². The van der Waals surface area contributed by atoms with Gasteiger partial charge in [-0.15, -0.1) is 0 Å². The Bertz CT molecular complexity index is 1090. The second-order valence-corrected chi connectivity index (χ2v) is 8.29. The number of halogens is 2. The number of carbonyl (C=O) groups is 2. The standard InChI is InChI=1S/C22H25F2N5O3/c1-3-4-12-9-13(5-6-15(12)19(31)28(2)20(25)32)17-16-7-8-22(23,24)18(16)27-21(26-17)29-10-14(30)11-29/h5-6,9,14,30H,3-4,7-8,10-11H2,1-2H3,(H2,25,32). The molecule has 2 aliphatic rings. The van der Waals surface area contributed by atoms with E-state index in [0.29, 0.717) is 34.4 Å². The van der Waals surface area contributed by atoms with E-state index in [9.17, 15) is 23.5 Å². The van der Waals surface area contributed by atoms with Gasteiger partial charge in [0.05, 0.1) is 11.8 Å². The molecule has 2 heterocycles. The summed E-state index contributed by atoms with van der Waals surface area (Å²) in [4.78, 5) is 35.3. The molecule has 1 aromatic carbocycles. The van der Waals surface area contributed by atoms with Gasteiger partial charge in [0.15, 0.2) is 0 Å². The summed E-state index contributed by atoms with van der Waals surface area (Å²) in [6.07, 6.45) is 0.573. The third kappa shape index (κ3) is 3.79. The number of aromatic nitrogens is 2. The number of nitrogens with two attached hydrogens (primary N) is 1. The summed E-state index contributed by atoms with van der Waals surface area (Å²) in [7, 11) is 1.31. The van der Waals surface area contributed by atoms with Gasteiger partial charge < -0.3 is 15.7 Å². The van der Waals surface area contributed by atoms with E-state index in [2.05, 4.69) is 9.97 Å². The van der Waals surface area contributed by atoms with Gasteiger partial charge in [0, 0.05) is 43.2 Å². The molecule has 1 saturated heterocycles. The first-order valence-corrected chi connectivity index (χ1v) is 10.6. The second-order valence-electron chi connectivity index (χ2n) is 8.29. The Hall–Kier alpha value is -3.14. The van der Waals surface area contributed by atoms with Crippen molar-refractivity contribution in [1.82, 2.24) is 14.9 Å². The molecule has 32 heavy (non-hydrogen) atoms. The summed E-state index contributed by atoms with van der Waals surface area (Å²) >= 11 is 0. The fraction of sp³-hybridized carbons (Fsp3) is 0.455. The Morgan fingerprint density at radius 3 is 2.66 bits per heavy atom. The number of imide groups is 1. The number of benzene rings is 1. The molecule has 1 aliphatic carbocycles. The van der Waals surface area contributed by atoms with Gasteiger partial charge in [-0.1, -0.05) is 19.4 Å². The van der Waals surface area contributed by atoms with Crippen molar-refractivity contribution in [2.45, 2.75) is 44.6 Å². The number of amides is 3. The quantitative estimate of drug-likeness (QED) is 0.731. The minimum absolute atomic E-state index is 0.148. The van der Waals surface area contributed by atoms with Crippen LogP contribution in [-0.4, -0.2) is 58.2 Å². The number of rotatable bonds is 5. The molecular formula is C22H25F2N5O3. The van der Waals surface area contributed by atoms with Crippen molar-refractivity contribution in [3.8, 4) is 11.3 Å². The molecular weight excluding hydrogens is 420 g/mol. The van der Waals surface area contributed by atoms with E-state index >= 15 is 0 Å². The number of anilines is 1. The van der Waals surface area contributed by atoms with Crippen LogP contribution < -0.4 is 10.6 Å². The molecule has 0 spiro atoms. The van der Waals surface area contributed by atoms with E-state index in [1.165, 1.54) is 7.05 Å². The van der Waals surface area contributed by atoms with Crippen LogP contribution in [0.5, 0.6) is 0 Å². The number of carbonyl (C=O) groups excluding carboxylic acids is 2. The van der Waals surface area contributed by atoms with E-state index in [0.717, 1.165) is 11.3 Å². The van der Waals surface area contributed by atoms with Crippen LogP contribution in [0.3, 0.4) is 0 Å². The maximum atomic E-state index is 14.6. The fourth-order valence-electron chi connectivity index (χ4n) is 4.12. The van der Waals surface area contributed by atoms with Crippen LogP contribution in [-0.2, 0) is 18.8 Å². The summed E-state index contributed by atoms with van der Waals surface area (Å²) < 4.78 is 29.1. The predicted molar refractivity (Wildman–Crippen MR) is 114 cm³/mol. The summed E-state index contributed by atoms with van der Waals surface area (Å²) in [6.45, 7) is 2.53. The lowest BCUT2D eigenvalue weighted by Gasteiger charge is -2.36. The highest BCUT2D eigenvalue weighted by Crippen LogP contribution is 2.44. The van der Waals surface area contributed by atoms with Gasteiger partial charge in [0.1, 0.15) is 5.69 Å². The van der Waals surface area contributed by atoms with E-state index in [-0.39, 0.29) is 37.6 Å². The number of alkyl halides is 2. The highest BCUT2D eigenvalue weighted by Gasteiger charge is 2.44. The number of aryl methyl sites for hydroxylation is 1. The van der Waals surface area contributed by atoms with Crippen molar-refractivity contribution < 1.29 is 23.5 Å². The van der Waals surface area contributed by atoms with Gasteiger partial charge in [-0.3, -0.25) is 9.69 Å². The summed E-state index contributed by atoms with van der Waals surface area (Å²) in [5, 5.41) is 9.61. The highest BCUT2D eigenvalue weighted by atomic mass is 19.3. The van der Waals surface area contributed by atoms with Crippen molar-refractivity contribution in [3.63, 3.8) is 0 Å². The average molecular weight is 445 g/mol. The molecule has 2 aromatic rings. The van der Waals surface area contributed by atoms with Gasteiger partial charge in [-0.25, -0.2) is 14.8 Å². The Balaban J connectivity index is 1.82. The molecule has 3 N–H and O–H groups in total. The van der Waals surface area contributed by atoms with Gasteiger partial charge in [-0.05, 0) is 30.5 Å². The lowest BCUT2D eigenvalue weighted by molar-refractivity contribution is -0.00597. The summed E-state index contributed by atoms with van der Waals surface area (Å²) in [5.74, 6) is -3.41. The number of primary amides is 1. The SMILES string of the molecule is CCCc1cc(-c2nc(N3CC(O)C3)nc3c2CCC3(F)F)ccc1C(=O)N(C)C(N)=O. The summed E-state index contributed by atoms with van der Waals surface area (Å²) in [5.41, 5.74) is 7.38. The van der Waals surface area contributed by atoms with Crippen LogP contribution in [0.2, 0.25) is 0 Å². The maximum absolute atomic E-state index is 14.6. The number of urea groups is 1. The van der Waals surface area contributed by atoms with Gasteiger partial charge in [-0.2, -0.15) is 8.78 Å². The molecule has 1 aliphatic heterocycles. The Morgan fingerprint density at radius 1 is 1.31 bits per heavy atom. The number of nitrogens with zero attached hydrogens (tertiary/aromatic N) is 4.